The molecule has 0 aromatic carbocycles. The van der Waals surface area contributed by atoms with E-state index in [4.69, 9.17) is 0 Å². The number of rotatable bonds is 6. The summed E-state index contributed by atoms with van der Waals surface area (Å²) in [6.45, 7) is 10.9. The average Bonchev–Trinajstić information content (AvgIpc) is 2.43. The molecule has 1 aliphatic rings. The van der Waals surface area contributed by atoms with Crippen LogP contribution in [0.4, 0.5) is 0 Å². The molecule has 1 fully saturated rings. The molecule has 1 atom stereocenters. The van der Waals surface area contributed by atoms with Crippen molar-refractivity contribution in [3.8, 4) is 0 Å². The number of carbonyl (C=O) groups is 2. The number of piperidine rings is 1. The zero-order valence-electron chi connectivity index (χ0n) is 13.9. The number of nitrogens with one attached hydrogen (secondary N) is 3. The minimum atomic E-state index is -0.381. The highest BCUT2D eigenvalue weighted by atomic mass is 16.2. The molecular formula is C16H31N3O2. The van der Waals surface area contributed by atoms with Gasteiger partial charge in [-0.05, 0) is 37.8 Å². The van der Waals surface area contributed by atoms with Crippen LogP contribution in [0.15, 0.2) is 0 Å². The lowest BCUT2D eigenvalue weighted by Gasteiger charge is -2.27. The zero-order valence-corrected chi connectivity index (χ0v) is 13.9. The van der Waals surface area contributed by atoms with E-state index in [1.807, 2.05) is 20.8 Å². The lowest BCUT2D eigenvalue weighted by Crippen LogP contribution is -2.40. The lowest BCUT2D eigenvalue weighted by molar-refractivity contribution is -0.128. The first-order valence-electron chi connectivity index (χ1n) is 8.06. The first kappa shape index (κ1) is 18.0. The molecule has 0 aromatic rings. The smallest absolute Gasteiger partial charge is 0.225 e. The van der Waals surface area contributed by atoms with Gasteiger partial charge in [-0.25, -0.2) is 0 Å². The highest BCUT2D eigenvalue weighted by molar-refractivity contribution is 5.81. The van der Waals surface area contributed by atoms with Crippen molar-refractivity contribution in [3.05, 3.63) is 0 Å². The van der Waals surface area contributed by atoms with E-state index in [1.165, 1.54) is 0 Å². The fourth-order valence-electron chi connectivity index (χ4n) is 2.59. The van der Waals surface area contributed by atoms with Gasteiger partial charge in [-0.15, -0.1) is 0 Å². The van der Waals surface area contributed by atoms with Crippen LogP contribution in [0, 0.1) is 17.3 Å². The Morgan fingerprint density at radius 3 is 2.29 bits per heavy atom. The third-order valence-electron chi connectivity index (χ3n) is 4.11. The van der Waals surface area contributed by atoms with E-state index in [-0.39, 0.29) is 17.2 Å². The minimum absolute atomic E-state index is 0.0137. The summed E-state index contributed by atoms with van der Waals surface area (Å²) in [7, 11) is 0. The normalized spacial score (nSPS) is 18.1. The Bertz CT molecular complexity index is 344. The molecule has 1 saturated heterocycles. The fraction of sp³-hybridized carbons (Fsp3) is 0.875. The van der Waals surface area contributed by atoms with Crippen molar-refractivity contribution >= 4 is 11.8 Å². The van der Waals surface area contributed by atoms with E-state index in [2.05, 4.69) is 22.9 Å². The van der Waals surface area contributed by atoms with Crippen LogP contribution >= 0.6 is 0 Å². The van der Waals surface area contributed by atoms with Crippen LogP contribution in [-0.4, -0.2) is 38.0 Å². The first-order chi connectivity index (χ1) is 9.80. The summed E-state index contributed by atoms with van der Waals surface area (Å²) in [4.78, 5) is 23.6. The zero-order chi connectivity index (χ0) is 15.9. The van der Waals surface area contributed by atoms with E-state index in [0.29, 0.717) is 31.3 Å². The standard InChI is InChI=1S/C16H31N3O2/c1-12(13-5-7-17-8-6-13)11-14(20)18-9-10-19-15(21)16(2,3)4/h12-13,17H,5-11H2,1-4H3,(H,18,20)(H,19,21). The van der Waals surface area contributed by atoms with Crippen LogP contribution in [0.25, 0.3) is 0 Å². The van der Waals surface area contributed by atoms with Crippen molar-refractivity contribution in [1.82, 2.24) is 16.0 Å². The van der Waals surface area contributed by atoms with E-state index in [0.717, 1.165) is 25.9 Å². The highest BCUT2D eigenvalue weighted by Crippen LogP contribution is 2.23. The van der Waals surface area contributed by atoms with Gasteiger partial charge in [-0.1, -0.05) is 27.7 Å². The van der Waals surface area contributed by atoms with Crippen LogP contribution < -0.4 is 16.0 Å². The summed E-state index contributed by atoms with van der Waals surface area (Å²) >= 11 is 0. The van der Waals surface area contributed by atoms with Crippen molar-refractivity contribution in [2.24, 2.45) is 17.3 Å². The van der Waals surface area contributed by atoms with Crippen molar-refractivity contribution in [2.75, 3.05) is 26.2 Å². The number of carbonyl (C=O) groups excluding carboxylic acids is 2. The van der Waals surface area contributed by atoms with Gasteiger partial charge in [-0.2, -0.15) is 0 Å². The second-order valence-electron chi connectivity index (χ2n) is 7.12. The van der Waals surface area contributed by atoms with Crippen LogP contribution in [-0.2, 0) is 9.59 Å². The van der Waals surface area contributed by atoms with Gasteiger partial charge < -0.3 is 16.0 Å². The predicted molar refractivity (Wildman–Crippen MR) is 84.8 cm³/mol. The Kier molecular flexibility index (Phi) is 7.15. The highest BCUT2D eigenvalue weighted by Gasteiger charge is 2.22. The Balaban J connectivity index is 2.15. The fourth-order valence-corrected chi connectivity index (χ4v) is 2.59. The molecule has 0 radical (unpaired) electrons. The molecule has 0 saturated carbocycles. The number of amides is 2. The largest absolute Gasteiger partial charge is 0.354 e. The van der Waals surface area contributed by atoms with Crippen LogP contribution in [0.1, 0.15) is 47.0 Å². The second-order valence-corrected chi connectivity index (χ2v) is 7.12. The summed E-state index contributed by atoms with van der Waals surface area (Å²) in [6, 6.07) is 0. The van der Waals surface area contributed by atoms with Crippen molar-refractivity contribution in [2.45, 2.75) is 47.0 Å². The Morgan fingerprint density at radius 1 is 1.14 bits per heavy atom. The van der Waals surface area contributed by atoms with E-state index in [9.17, 15) is 9.59 Å². The molecule has 1 heterocycles. The average molecular weight is 297 g/mol. The Morgan fingerprint density at radius 2 is 1.71 bits per heavy atom. The van der Waals surface area contributed by atoms with Gasteiger partial charge >= 0.3 is 0 Å². The molecule has 1 rings (SSSR count). The van der Waals surface area contributed by atoms with Crippen LogP contribution in [0.3, 0.4) is 0 Å². The SMILES string of the molecule is CC(CC(=O)NCCNC(=O)C(C)(C)C)C1CCNCC1. The van der Waals surface area contributed by atoms with Crippen molar-refractivity contribution < 1.29 is 9.59 Å². The van der Waals surface area contributed by atoms with Gasteiger partial charge in [0.25, 0.3) is 0 Å². The van der Waals surface area contributed by atoms with Gasteiger partial charge in [0.05, 0.1) is 0 Å². The van der Waals surface area contributed by atoms with Crippen LogP contribution in [0.2, 0.25) is 0 Å². The maximum absolute atomic E-state index is 11.9. The molecule has 2 amide bonds. The Hall–Kier alpha value is -1.10. The molecule has 5 nitrogen and oxygen atoms in total. The van der Waals surface area contributed by atoms with E-state index in [1.54, 1.807) is 0 Å². The monoisotopic (exact) mass is 297 g/mol. The van der Waals surface area contributed by atoms with Gasteiger partial charge in [0, 0.05) is 24.9 Å². The molecule has 5 heteroatoms. The molecular weight excluding hydrogens is 266 g/mol. The quantitative estimate of drug-likeness (QED) is 0.647. The molecule has 122 valence electrons. The summed E-state index contributed by atoms with van der Waals surface area (Å²) in [6.07, 6.45) is 2.91. The Labute approximate surface area is 128 Å². The lowest BCUT2D eigenvalue weighted by atomic mass is 9.84. The molecule has 21 heavy (non-hydrogen) atoms. The molecule has 1 unspecified atom stereocenters. The van der Waals surface area contributed by atoms with Crippen LogP contribution in [0.5, 0.6) is 0 Å². The summed E-state index contributed by atoms with van der Waals surface area (Å²) in [5.41, 5.74) is -0.381. The molecule has 0 spiro atoms. The van der Waals surface area contributed by atoms with Crippen molar-refractivity contribution in [3.63, 3.8) is 0 Å². The topological polar surface area (TPSA) is 70.2 Å². The van der Waals surface area contributed by atoms with E-state index < -0.39 is 0 Å². The number of hydrogen-bond donors (Lipinski definition) is 3. The van der Waals surface area contributed by atoms with Gasteiger partial charge in [0.2, 0.25) is 11.8 Å². The second kappa shape index (κ2) is 8.37. The third-order valence-corrected chi connectivity index (χ3v) is 4.11. The van der Waals surface area contributed by atoms with Gasteiger partial charge in [0.15, 0.2) is 0 Å². The molecule has 0 aromatic heterocycles. The predicted octanol–water partition coefficient (Wildman–Crippen LogP) is 1.29. The molecule has 1 aliphatic heterocycles. The molecule has 0 bridgehead atoms. The minimum Gasteiger partial charge on any atom is -0.354 e. The molecule has 0 aliphatic carbocycles. The summed E-state index contributed by atoms with van der Waals surface area (Å²) in [5.74, 6) is 1.18. The summed E-state index contributed by atoms with van der Waals surface area (Å²) < 4.78 is 0. The first-order valence-corrected chi connectivity index (χ1v) is 8.06. The summed E-state index contributed by atoms with van der Waals surface area (Å²) in [5, 5.41) is 9.07. The van der Waals surface area contributed by atoms with Gasteiger partial charge in [-0.3, -0.25) is 9.59 Å². The maximum Gasteiger partial charge on any atom is 0.225 e. The van der Waals surface area contributed by atoms with Gasteiger partial charge in [0.1, 0.15) is 0 Å². The maximum atomic E-state index is 11.9. The molecule has 3 N–H and O–H groups in total. The third kappa shape index (κ3) is 6.93. The van der Waals surface area contributed by atoms with Crippen molar-refractivity contribution in [1.29, 1.82) is 0 Å². The number of hydrogen-bond acceptors (Lipinski definition) is 3. The van der Waals surface area contributed by atoms with E-state index >= 15 is 0 Å².